The molecule has 0 aromatic rings. The third-order valence-corrected chi connectivity index (χ3v) is 2.90. The molecule has 0 aromatic carbocycles. The van der Waals surface area contributed by atoms with Crippen LogP contribution in [0.2, 0.25) is 0 Å². The van der Waals surface area contributed by atoms with E-state index in [2.05, 4.69) is 26.0 Å². The SMILES string of the molecule is CC(C)(CN)C1CC=CCC1. The molecule has 0 spiro atoms. The van der Waals surface area contributed by atoms with Gasteiger partial charge in [0.15, 0.2) is 0 Å². The van der Waals surface area contributed by atoms with Crippen LogP contribution in [0.3, 0.4) is 0 Å². The number of rotatable bonds is 2. The van der Waals surface area contributed by atoms with Crippen LogP contribution in [0.4, 0.5) is 0 Å². The van der Waals surface area contributed by atoms with Crippen molar-refractivity contribution in [3.63, 3.8) is 0 Å². The third-order valence-electron chi connectivity index (χ3n) is 2.90. The zero-order valence-electron chi connectivity index (χ0n) is 7.64. The summed E-state index contributed by atoms with van der Waals surface area (Å²) in [7, 11) is 0. The van der Waals surface area contributed by atoms with Crippen LogP contribution in [0.5, 0.6) is 0 Å². The van der Waals surface area contributed by atoms with Crippen molar-refractivity contribution in [3.05, 3.63) is 12.2 Å². The first-order valence-corrected chi connectivity index (χ1v) is 4.52. The second-order valence-corrected chi connectivity index (χ2v) is 4.17. The van der Waals surface area contributed by atoms with E-state index in [1.807, 2.05) is 0 Å². The van der Waals surface area contributed by atoms with Crippen molar-refractivity contribution in [2.45, 2.75) is 33.1 Å². The molecule has 1 rings (SSSR count). The Kier molecular flexibility index (Phi) is 2.72. The highest BCUT2D eigenvalue weighted by Gasteiger charge is 2.27. The Balaban J connectivity index is 2.52. The summed E-state index contributed by atoms with van der Waals surface area (Å²) in [4.78, 5) is 0. The standard InChI is InChI=1S/C10H19N/c1-10(2,8-11)9-6-4-3-5-7-9/h3-4,9H,5-8,11H2,1-2H3. The maximum Gasteiger partial charge on any atom is -0.00231 e. The molecule has 0 heterocycles. The molecule has 0 saturated heterocycles. The summed E-state index contributed by atoms with van der Waals surface area (Å²) in [6, 6.07) is 0. The lowest BCUT2D eigenvalue weighted by molar-refractivity contribution is 0.206. The molecule has 0 amide bonds. The average molecular weight is 153 g/mol. The molecular weight excluding hydrogens is 134 g/mol. The summed E-state index contributed by atoms with van der Waals surface area (Å²) in [6.45, 7) is 5.36. The second kappa shape index (κ2) is 3.40. The lowest BCUT2D eigenvalue weighted by Crippen LogP contribution is -2.32. The molecule has 0 radical (unpaired) electrons. The van der Waals surface area contributed by atoms with E-state index in [4.69, 9.17) is 5.73 Å². The van der Waals surface area contributed by atoms with Crippen LogP contribution >= 0.6 is 0 Å². The average Bonchev–Trinajstić information content (AvgIpc) is 2.06. The van der Waals surface area contributed by atoms with Crippen LogP contribution < -0.4 is 5.73 Å². The van der Waals surface area contributed by atoms with Gasteiger partial charge in [-0.05, 0) is 37.1 Å². The molecule has 1 aliphatic rings. The maximum atomic E-state index is 5.71. The first-order valence-electron chi connectivity index (χ1n) is 4.52. The molecule has 0 aliphatic heterocycles. The Morgan fingerprint density at radius 1 is 1.45 bits per heavy atom. The number of nitrogens with two attached hydrogens (primary N) is 1. The lowest BCUT2D eigenvalue weighted by atomic mass is 9.73. The Hall–Kier alpha value is -0.300. The summed E-state index contributed by atoms with van der Waals surface area (Å²) < 4.78 is 0. The van der Waals surface area contributed by atoms with Crippen LogP contribution in [0.25, 0.3) is 0 Å². The van der Waals surface area contributed by atoms with Crippen molar-refractivity contribution >= 4 is 0 Å². The van der Waals surface area contributed by atoms with Crippen molar-refractivity contribution in [1.82, 2.24) is 0 Å². The Labute approximate surface area is 69.7 Å². The van der Waals surface area contributed by atoms with Gasteiger partial charge in [-0.3, -0.25) is 0 Å². The maximum absolute atomic E-state index is 5.71. The smallest absolute Gasteiger partial charge is 0.00231 e. The van der Waals surface area contributed by atoms with Crippen LogP contribution in [-0.2, 0) is 0 Å². The van der Waals surface area contributed by atoms with Crippen molar-refractivity contribution in [2.24, 2.45) is 17.1 Å². The van der Waals surface area contributed by atoms with Gasteiger partial charge in [0.1, 0.15) is 0 Å². The highest BCUT2D eigenvalue weighted by Crippen LogP contribution is 2.34. The first kappa shape index (κ1) is 8.79. The minimum Gasteiger partial charge on any atom is -0.330 e. The lowest BCUT2D eigenvalue weighted by Gasteiger charge is -2.34. The van der Waals surface area contributed by atoms with Gasteiger partial charge < -0.3 is 5.73 Å². The molecule has 0 fully saturated rings. The number of hydrogen-bond acceptors (Lipinski definition) is 1. The van der Waals surface area contributed by atoms with Crippen LogP contribution in [0, 0.1) is 11.3 Å². The predicted octanol–water partition coefficient (Wildman–Crippen LogP) is 2.33. The molecule has 1 unspecified atom stereocenters. The van der Waals surface area contributed by atoms with E-state index in [0.717, 1.165) is 12.5 Å². The van der Waals surface area contributed by atoms with Gasteiger partial charge in [-0.1, -0.05) is 26.0 Å². The highest BCUT2D eigenvalue weighted by atomic mass is 14.6. The minimum atomic E-state index is 0.338. The van der Waals surface area contributed by atoms with Crippen LogP contribution in [-0.4, -0.2) is 6.54 Å². The molecule has 1 nitrogen and oxygen atoms in total. The van der Waals surface area contributed by atoms with Gasteiger partial charge in [-0.2, -0.15) is 0 Å². The molecule has 11 heavy (non-hydrogen) atoms. The van der Waals surface area contributed by atoms with Crippen molar-refractivity contribution in [1.29, 1.82) is 0 Å². The zero-order chi connectivity index (χ0) is 8.32. The molecule has 0 saturated carbocycles. The molecular formula is C10H19N. The summed E-state index contributed by atoms with van der Waals surface area (Å²) in [6.07, 6.45) is 8.37. The zero-order valence-corrected chi connectivity index (χ0v) is 7.64. The van der Waals surface area contributed by atoms with Gasteiger partial charge in [0, 0.05) is 0 Å². The molecule has 64 valence electrons. The third kappa shape index (κ3) is 2.06. The van der Waals surface area contributed by atoms with Gasteiger partial charge >= 0.3 is 0 Å². The molecule has 1 aliphatic carbocycles. The van der Waals surface area contributed by atoms with Crippen LogP contribution in [0.1, 0.15) is 33.1 Å². The van der Waals surface area contributed by atoms with E-state index in [0.29, 0.717) is 5.41 Å². The summed E-state index contributed by atoms with van der Waals surface area (Å²) in [5.41, 5.74) is 6.05. The van der Waals surface area contributed by atoms with Crippen LogP contribution in [0.15, 0.2) is 12.2 Å². The van der Waals surface area contributed by atoms with Crippen molar-refractivity contribution in [3.8, 4) is 0 Å². The molecule has 2 N–H and O–H groups in total. The van der Waals surface area contributed by atoms with Crippen molar-refractivity contribution in [2.75, 3.05) is 6.54 Å². The van der Waals surface area contributed by atoms with E-state index in [-0.39, 0.29) is 0 Å². The normalized spacial score (nSPS) is 25.5. The Morgan fingerprint density at radius 3 is 2.64 bits per heavy atom. The van der Waals surface area contributed by atoms with Gasteiger partial charge in [0.2, 0.25) is 0 Å². The minimum absolute atomic E-state index is 0.338. The molecule has 0 bridgehead atoms. The number of hydrogen-bond donors (Lipinski definition) is 1. The fourth-order valence-corrected chi connectivity index (χ4v) is 1.67. The van der Waals surface area contributed by atoms with E-state index < -0.39 is 0 Å². The fourth-order valence-electron chi connectivity index (χ4n) is 1.67. The summed E-state index contributed by atoms with van der Waals surface area (Å²) >= 11 is 0. The Bertz CT molecular complexity index is 147. The van der Waals surface area contributed by atoms with E-state index in [1.165, 1.54) is 19.3 Å². The summed E-state index contributed by atoms with van der Waals surface area (Å²) in [5, 5.41) is 0. The molecule has 0 aromatic heterocycles. The van der Waals surface area contributed by atoms with E-state index in [9.17, 15) is 0 Å². The quantitative estimate of drug-likeness (QED) is 0.605. The van der Waals surface area contributed by atoms with E-state index >= 15 is 0 Å². The topological polar surface area (TPSA) is 26.0 Å². The van der Waals surface area contributed by atoms with Crippen molar-refractivity contribution < 1.29 is 0 Å². The van der Waals surface area contributed by atoms with Gasteiger partial charge in [-0.15, -0.1) is 0 Å². The van der Waals surface area contributed by atoms with E-state index in [1.54, 1.807) is 0 Å². The predicted molar refractivity (Wildman–Crippen MR) is 49.3 cm³/mol. The monoisotopic (exact) mass is 153 g/mol. The van der Waals surface area contributed by atoms with Gasteiger partial charge in [0.05, 0.1) is 0 Å². The fraction of sp³-hybridized carbons (Fsp3) is 0.800. The number of allylic oxidation sites excluding steroid dienone is 2. The second-order valence-electron chi connectivity index (χ2n) is 4.17. The molecule has 1 atom stereocenters. The Morgan fingerprint density at radius 2 is 2.18 bits per heavy atom. The molecule has 1 heteroatoms. The van der Waals surface area contributed by atoms with Gasteiger partial charge in [-0.25, -0.2) is 0 Å². The van der Waals surface area contributed by atoms with Gasteiger partial charge in [0.25, 0.3) is 0 Å². The largest absolute Gasteiger partial charge is 0.330 e. The highest BCUT2D eigenvalue weighted by molar-refractivity contribution is 4.94. The first-order chi connectivity index (χ1) is 5.17. The summed E-state index contributed by atoms with van der Waals surface area (Å²) in [5.74, 6) is 0.803.